The van der Waals surface area contributed by atoms with Crippen molar-refractivity contribution in [3.8, 4) is 0 Å². The third kappa shape index (κ3) is 5.09. The molecule has 1 saturated heterocycles. The molecule has 0 radical (unpaired) electrons. The Labute approximate surface area is 126 Å². The van der Waals surface area contributed by atoms with Gasteiger partial charge in [0, 0.05) is 18.4 Å². The minimum absolute atomic E-state index is 0.317. The maximum absolute atomic E-state index is 5.70. The van der Waals surface area contributed by atoms with Crippen LogP contribution in [0.2, 0.25) is 0 Å². The van der Waals surface area contributed by atoms with Crippen LogP contribution in [0.1, 0.15) is 36.8 Å². The van der Waals surface area contributed by atoms with E-state index in [1.807, 2.05) is 11.8 Å². The molecule has 2 atom stereocenters. The summed E-state index contributed by atoms with van der Waals surface area (Å²) in [7, 11) is 0. The average Bonchev–Trinajstić information content (AvgIpc) is 2.97. The van der Waals surface area contributed by atoms with E-state index < -0.39 is 0 Å². The third-order valence-electron chi connectivity index (χ3n) is 3.78. The molecule has 0 bridgehead atoms. The standard InChI is InChI=1S/C16H26N2OS/c1-13-5-2-6-14(11-13)12-20-10-4-7-15(18-17)16-8-3-9-19-16/h2,5-6,11,15-16,18H,3-4,7-10,12,17H2,1H3. The van der Waals surface area contributed by atoms with E-state index in [1.165, 1.54) is 29.7 Å². The summed E-state index contributed by atoms with van der Waals surface area (Å²) in [6.07, 6.45) is 4.92. The van der Waals surface area contributed by atoms with E-state index in [1.54, 1.807) is 0 Å². The summed E-state index contributed by atoms with van der Waals surface area (Å²) in [6.45, 7) is 3.04. The van der Waals surface area contributed by atoms with Gasteiger partial charge in [0.1, 0.15) is 0 Å². The van der Waals surface area contributed by atoms with E-state index in [9.17, 15) is 0 Å². The molecular formula is C16H26N2OS. The lowest BCUT2D eigenvalue weighted by molar-refractivity contribution is 0.0755. The fourth-order valence-corrected chi connectivity index (χ4v) is 3.62. The first-order valence-corrected chi connectivity index (χ1v) is 8.66. The molecular weight excluding hydrogens is 268 g/mol. The van der Waals surface area contributed by atoms with Crippen LogP contribution in [0.4, 0.5) is 0 Å². The maximum atomic E-state index is 5.70. The third-order valence-corrected chi connectivity index (χ3v) is 4.90. The smallest absolute Gasteiger partial charge is 0.0742 e. The van der Waals surface area contributed by atoms with Crippen molar-refractivity contribution in [2.75, 3.05) is 12.4 Å². The summed E-state index contributed by atoms with van der Waals surface area (Å²) in [5.41, 5.74) is 5.69. The number of ether oxygens (including phenoxy) is 1. The molecule has 3 N–H and O–H groups in total. The fraction of sp³-hybridized carbons (Fsp3) is 0.625. The summed E-state index contributed by atoms with van der Waals surface area (Å²) >= 11 is 2.00. The number of aryl methyl sites for hydroxylation is 1. The summed E-state index contributed by atoms with van der Waals surface area (Å²) in [5, 5.41) is 0. The number of hydrogen-bond donors (Lipinski definition) is 2. The highest BCUT2D eigenvalue weighted by atomic mass is 32.2. The highest BCUT2D eigenvalue weighted by Gasteiger charge is 2.24. The molecule has 112 valence electrons. The van der Waals surface area contributed by atoms with Crippen LogP contribution in [0.25, 0.3) is 0 Å². The van der Waals surface area contributed by atoms with Crippen molar-refractivity contribution in [2.45, 2.75) is 50.5 Å². The van der Waals surface area contributed by atoms with E-state index in [0.29, 0.717) is 12.1 Å². The Hall–Kier alpha value is -0.550. The molecule has 4 heteroatoms. The lowest BCUT2D eigenvalue weighted by Gasteiger charge is -2.21. The van der Waals surface area contributed by atoms with Gasteiger partial charge in [-0.15, -0.1) is 0 Å². The Kier molecular flexibility index (Phi) is 6.87. The number of thioether (sulfide) groups is 1. The van der Waals surface area contributed by atoms with Crippen LogP contribution in [0.3, 0.4) is 0 Å². The Balaban J connectivity index is 1.60. The summed E-state index contributed by atoms with van der Waals surface area (Å²) < 4.78 is 5.70. The average molecular weight is 294 g/mol. The van der Waals surface area contributed by atoms with Crippen molar-refractivity contribution in [1.82, 2.24) is 5.43 Å². The Morgan fingerprint density at radius 1 is 1.50 bits per heavy atom. The van der Waals surface area contributed by atoms with E-state index in [4.69, 9.17) is 10.6 Å². The molecule has 1 aromatic carbocycles. The Morgan fingerprint density at radius 3 is 3.10 bits per heavy atom. The topological polar surface area (TPSA) is 47.3 Å². The van der Waals surface area contributed by atoms with Crippen molar-refractivity contribution >= 4 is 11.8 Å². The van der Waals surface area contributed by atoms with Gasteiger partial charge in [-0.05, 0) is 43.9 Å². The molecule has 1 aliphatic rings. The summed E-state index contributed by atoms with van der Waals surface area (Å²) in [4.78, 5) is 0. The van der Waals surface area contributed by atoms with E-state index in [0.717, 1.165) is 25.2 Å². The first-order valence-electron chi connectivity index (χ1n) is 7.50. The maximum Gasteiger partial charge on any atom is 0.0742 e. The van der Waals surface area contributed by atoms with Crippen molar-refractivity contribution in [2.24, 2.45) is 5.84 Å². The molecule has 20 heavy (non-hydrogen) atoms. The first-order chi connectivity index (χ1) is 9.79. The van der Waals surface area contributed by atoms with Gasteiger partial charge in [0.05, 0.1) is 6.10 Å². The highest BCUT2D eigenvalue weighted by molar-refractivity contribution is 7.98. The van der Waals surface area contributed by atoms with Crippen LogP contribution in [-0.4, -0.2) is 24.5 Å². The van der Waals surface area contributed by atoms with Crippen LogP contribution in [0.5, 0.6) is 0 Å². The minimum Gasteiger partial charge on any atom is -0.377 e. The fourth-order valence-electron chi connectivity index (χ4n) is 2.69. The van der Waals surface area contributed by atoms with Gasteiger partial charge in [-0.25, -0.2) is 0 Å². The van der Waals surface area contributed by atoms with Crippen molar-refractivity contribution < 1.29 is 4.74 Å². The first kappa shape index (κ1) is 15.8. The van der Waals surface area contributed by atoms with Gasteiger partial charge >= 0.3 is 0 Å². The predicted octanol–water partition coefficient (Wildman–Crippen LogP) is 3.02. The molecule has 1 heterocycles. The SMILES string of the molecule is Cc1cccc(CSCCCC(NN)C2CCCO2)c1. The van der Waals surface area contributed by atoms with Gasteiger partial charge in [-0.3, -0.25) is 11.3 Å². The molecule has 2 rings (SSSR count). The molecule has 3 nitrogen and oxygen atoms in total. The molecule has 0 aromatic heterocycles. The number of rotatable bonds is 8. The second kappa shape index (κ2) is 8.67. The predicted molar refractivity (Wildman–Crippen MR) is 86.7 cm³/mol. The summed E-state index contributed by atoms with van der Waals surface area (Å²) in [5.74, 6) is 7.92. The minimum atomic E-state index is 0.317. The van der Waals surface area contributed by atoms with Crippen LogP contribution in [-0.2, 0) is 10.5 Å². The normalized spacial score (nSPS) is 20.2. The van der Waals surface area contributed by atoms with Crippen molar-refractivity contribution in [1.29, 1.82) is 0 Å². The van der Waals surface area contributed by atoms with E-state index >= 15 is 0 Å². The van der Waals surface area contributed by atoms with Gasteiger partial charge in [-0.1, -0.05) is 29.8 Å². The van der Waals surface area contributed by atoms with E-state index in [2.05, 4.69) is 36.6 Å². The molecule has 0 aliphatic carbocycles. The molecule has 2 unspecified atom stereocenters. The van der Waals surface area contributed by atoms with Gasteiger partial charge in [0.25, 0.3) is 0 Å². The Bertz CT molecular complexity index is 394. The molecule has 0 amide bonds. The summed E-state index contributed by atoms with van der Waals surface area (Å²) in [6, 6.07) is 9.07. The Morgan fingerprint density at radius 2 is 2.40 bits per heavy atom. The van der Waals surface area contributed by atoms with E-state index in [-0.39, 0.29) is 0 Å². The number of benzene rings is 1. The largest absolute Gasteiger partial charge is 0.377 e. The van der Waals surface area contributed by atoms with Crippen molar-refractivity contribution in [3.63, 3.8) is 0 Å². The second-order valence-electron chi connectivity index (χ2n) is 5.51. The molecule has 1 fully saturated rings. The zero-order valence-electron chi connectivity index (χ0n) is 12.3. The van der Waals surface area contributed by atoms with Gasteiger partial charge in [0.2, 0.25) is 0 Å². The molecule has 1 aromatic rings. The monoisotopic (exact) mass is 294 g/mol. The number of hydrogen-bond acceptors (Lipinski definition) is 4. The van der Waals surface area contributed by atoms with Gasteiger partial charge < -0.3 is 4.74 Å². The zero-order valence-corrected chi connectivity index (χ0v) is 13.1. The van der Waals surface area contributed by atoms with Crippen LogP contribution >= 0.6 is 11.8 Å². The molecule has 0 saturated carbocycles. The van der Waals surface area contributed by atoms with Crippen LogP contribution in [0, 0.1) is 6.92 Å². The van der Waals surface area contributed by atoms with Crippen molar-refractivity contribution in [3.05, 3.63) is 35.4 Å². The zero-order chi connectivity index (χ0) is 14.2. The molecule has 1 aliphatic heterocycles. The van der Waals surface area contributed by atoms with Gasteiger partial charge in [-0.2, -0.15) is 11.8 Å². The highest BCUT2D eigenvalue weighted by Crippen LogP contribution is 2.20. The number of hydrazine groups is 1. The van der Waals surface area contributed by atoms with Crippen LogP contribution < -0.4 is 11.3 Å². The lowest BCUT2D eigenvalue weighted by Crippen LogP contribution is -2.43. The van der Waals surface area contributed by atoms with Gasteiger partial charge in [0.15, 0.2) is 0 Å². The quantitative estimate of drug-likeness (QED) is 0.439. The number of nitrogens with two attached hydrogens (primary N) is 1. The number of nitrogens with one attached hydrogen (secondary N) is 1. The lowest BCUT2D eigenvalue weighted by atomic mass is 10.0. The molecule has 0 spiro atoms. The second-order valence-corrected chi connectivity index (χ2v) is 6.61. The van der Waals surface area contributed by atoms with Crippen LogP contribution in [0.15, 0.2) is 24.3 Å².